The summed E-state index contributed by atoms with van der Waals surface area (Å²) in [5.41, 5.74) is 0. The lowest BCUT2D eigenvalue weighted by atomic mass is 10.3. The Morgan fingerprint density at radius 1 is 0.577 bits per heavy atom. The van der Waals surface area contributed by atoms with Gasteiger partial charge in [0, 0.05) is 18.1 Å². The molecular formula is C12H24N3O7PS3. The van der Waals surface area contributed by atoms with E-state index in [-0.39, 0.29) is 34.5 Å². The van der Waals surface area contributed by atoms with Crippen molar-refractivity contribution in [2.24, 2.45) is 0 Å². The van der Waals surface area contributed by atoms with Crippen LogP contribution in [0.2, 0.25) is 0 Å². The van der Waals surface area contributed by atoms with Crippen LogP contribution in [0.1, 0.15) is 19.3 Å². The number of rotatable bonds is 6. The van der Waals surface area contributed by atoms with E-state index in [1.54, 1.807) is 0 Å². The van der Waals surface area contributed by atoms with Gasteiger partial charge in [-0.3, -0.25) is 4.57 Å². The Hall–Kier alpha value is -0.0400. The molecule has 0 spiro atoms. The van der Waals surface area contributed by atoms with Crippen LogP contribution >= 0.6 is 7.59 Å². The number of sulfone groups is 3. The van der Waals surface area contributed by atoms with E-state index in [1.165, 1.54) is 0 Å². The predicted molar refractivity (Wildman–Crippen MR) is 98.2 cm³/mol. The molecule has 3 atom stereocenters. The molecule has 3 aliphatic rings. The third kappa shape index (κ3) is 5.49. The third-order valence-electron chi connectivity index (χ3n) is 4.79. The van der Waals surface area contributed by atoms with Crippen molar-refractivity contribution in [3.63, 3.8) is 0 Å². The van der Waals surface area contributed by atoms with E-state index in [4.69, 9.17) is 0 Å². The summed E-state index contributed by atoms with van der Waals surface area (Å²) in [6.07, 6.45) is 0.921. The van der Waals surface area contributed by atoms with E-state index in [9.17, 15) is 29.8 Å². The molecule has 0 saturated carbocycles. The van der Waals surface area contributed by atoms with Gasteiger partial charge in [0.05, 0.1) is 34.5 Å². The van der Waals surface area contributed by atoms with E-state index in [0.717, 1.165) is 0 Å². The zero-order valence-corrected chi connectivity index (χ0v) is 17.5. The lowest BCUT2D eigenvalue weighted by molar-refractivity contribution is 0.500. The molecule has 0 aromatic carbocycles. The third-order valence-corrected chi connectivity index (χ3v) is 12.3. The van der Waals surface area contributed by atoms with Crippen LogP contribution in [0, 0.1) is 0 Å². The fourth-order valence-electron chi connectivity index (χ4n) is 3.57. The summed E-state index contributed by atoms with van der Waals surface area (Å²) < 4.78 is 83.3. The van der Waals surface area contributed by atoms with Crippen molar-refractivity contribution in [3.05, 3.63) is 0 Å². The van der Waals surface area contributed by atoms with E-state index in [0.29, 0.717) is 19.3 Å². The minimum atomic E-state index is -3.58. The van der Waals surface area contributed by atoms with Crippen molar-refractivity contribution in [3.8, 4) is 0 Å². The lowest BCUT2D eigenvalue weighted by Gasteiger charge is -2.29. The Labute approximate surface area is 154 Å². The summed E-state index contributed by atoms with van der Waals surface area (Å²) in [6, 6.07) is -1.58. The van der Waals surface area contributed by atoms with Crippen LogP contribution in [0.4, 0.5) is 0 Å². The molecule has 3 heterocycles. The normalized spacial score (nSPS) is 35.6. The Morgan fingerprint density at radius 2 is 0.846 bits per heavy atom. The molecule has 3 aliphatic heterocycles. The Morgan fingerprint density at radius 3 is 1.04 bits per heavy atom. The van der Waals surface area contributed by atoms with Gasteiger partial charge in [0.25, 0.3) is 7.59 Å². The van der Waals surface area contributed by atoms with Gasteiger partial charge in [-0.25, -0.2) is 40.5 Å². The molecule has 14 heteroatoms. The SMILES string of the molecule is O=P(N[C@@H]1CCS(=O)(=O)C1)(N[C@H]1CCS(=O)(=O)C1)N[C@H]1CCS(=O)(=O)C1. The molecule has 3 saturated heterocycles. The first-order valence-corrected chi connectivity index (χ1v) is 15.6. The van der Waals surface area contributed by atoms with E-state index >= 15 is 0 Å². The van der Waals surface area contributed by atoms with Gasteiger partial charge in [0.15, 0.2) is 29.5 Å². The summed E-state index contributed by atoms with van der Waals surface area (Å²) >= 11 is 0. The van der Waals surface area contributed by atoms with Crippen molar-refractivity contribution in [2.45, 2.75) is 37.4 Å². The highest BCUT2D eigenvalue weighted by Crippen LogP contribution is 2.37. The topological polar surface area (TPSA) is 156 Å². The van der Waals surface area contributed by atoms with Crippen LogP contribution in [0.3, 0.4) is 0 Å². The van der Waals surface area contributed by atoms with E-state index in [1.807, 2.05) is 0 Å². The molecule has 3 rings (SSSR count). The molecule has 0 aromatic rings. The van der Waals surface area contributed by atoms with Gasteiger partial charge >= 0.3 is 0 Å². The highest BCUT2D eigenvalue weighted by Gasteiger charge is 2.40. The van der Waals surface area contributed by atoms with Gasteiger partial charge in [-0.2, -0.15) is 0 Å². The standard InChI is InChI=1S/C12H24N3O7PS3/c16-23(13-10-1-4-24(17,18)7-10,14-11-2-5-25(19,20)8-11)15-12-3-6-26(21,22)9-12/h10-12H,1-9H2,(H3,13,14,15,16)/t10-,11-,12+/m0/s1. The minimum Gasteiger partial charge on any atom is -0.271 e. The summed E-state index contributed by atoms with van der Waals surface area (Å²) in [4.78, 5) is 0. The van der Waals surface area contributed by atoms with Crippen LogP contribution in [0.25, 0.3) is 0 Å². The van der Waals surface area contributed by atoms with Crippen molar-refractivity contribution in [2.75, 3.05) is 34.5 Å². The second kappa shape index (κ2) is 7.09. The maximum absolute atomic E-state index is 13.4. The Kier molecular flexibility index (Phi) is 5.64. The monoisotopic (exact) mass is 449 g/mol. The molecule has 152 valence electrons. The molecule has 3 N–H and O–H groups in total. The molecule has 0 aliphatic carbocycles. The highest BCUT2D eigenvalue weighted by molar-refractivity contribution is 7.92. The average molecular weight is 450 g/mol. The second-order valence-electron chi connectivity index (χ2n) is 7.30. The molecule has 0 amide bonds. The fraction of sp³-hybridized carbons (Fsp3) is 1.00. The Bertz CT molecular complexity index is 797. The van der Waals surface area contributed by atoms with Gasteiger partial charge in [0.1, 0.15) is 0 Å². The maximum atomic E-state index is 13.4. The fourth-order valence-corrected chi connectivity index (χ4v) is 11.4. The zero-order valence-electron chi connectivity index (χ0n) is 14.1. The molecule has 10 nitrogen and oxygen atoms in total. The van der Waals surface area contributed by atoms with Crippen molar-refractivity contribution >= 4 is 37.1 Å². The van der Waals surface area contributed by atoms with Crippen LogP contribution in [-0.4, -0.2) is 77.9 Å². The van der Waals surface area contributed by atoms with Gasteiger partial charge in [-0.05, 0) is 19.3 Å². The predicted octanol–water partition coefficient (Wildman–Crippen LogP) is -1.58. The minimum absolute atomic E-state index is 0.000280. The van der Waals surface area contributed by atoms with Gasteiger partial charge < -0.3 is 0 Å². The summed E-state index contributed by atoms with van der Waals surface area (Å²) in [5.74, 6) is -0.439. The largest absolute Gasteiger partial charge is 0.279 e. The highest BCUT2D eigenvalue weighted by atomic mass is 32.2. The summed E-state index contributed by atoms with van der Waals surface area (Å²) in [6.45, 7) is 0. The Balaban J connectivity index is 1.73. The van der Waals surface area contributed by atoms with Crippen LogP contribution in [-0.2, 0) is 34.1 Å². The van der Waals surface area contributed by atoms with E-state index in [2.05, 4.69) is 15.3 Å². The first-order valence-electron chi connectivity index (χ1n) is 8.40. The second-order valence-corrected chi connectivity index (χ2v) is 16.0. The van der Waals surface area contributed by atoms with Gasteiger partial charge in [-0.1, -0.05) is 0 Å². The zero-order chi connectivity index (χ0) is 19.2. The molecular weight excluding hydrogens is 425 g/mol. The summed E-state index contributed by atoms with van der Waals surface area (Å²) in [5, 5.41) is 8.46. The smallest absolute Gasteiger partial charge is 0.271 e. The molecule has 0 unspecified atom stereocenters. The van der Waals surface area contributed by atoms with E-state index < -0.39 is 55.2 Å². The number of hydrogen-bond acceptors (Lipinski definition) is 7. The molecule has 0 bridgehead atoms. The first-order chi connectivity index (χ1) is 11.9. The first kappa shape index (κ1) is 20.7. The molecule has 0 aromatic heterocycles. The average Bonchev–Trinajstić information content (AvgIpc) is 3.07. The molecule has 3 fully saturated rings. The molecule has 0 radical (unpaired) electrons. The molecule has 26 heavy (non-hydrogen) atoms. The lowest BCUT2D eigenvalue weighted by Crippen LogP contribution is -2.45. The quantitative estimate of drug-likeness (QED) is 0.405. The number of hydrogen-bond donors (Lipinski definition) is 3. The van der Waals surface area contributed by atoms with Crippen molar-refractivity contribution in [1.29, 1.82) is 0 Å². The van der Waals surface area contributed by atoms with Crippen molar-refractivity contribution in [1.82, 2.24) is 15.3 Å². The van der Waals surface area contributed by atoms with Gasteiger partial charge in [-0.15, -0.1) is 0 Å². The van der Waals surface area contributed by atoms with Crippen LogP contribution in [0.15, 0.2) is 0 Å². The van der Waals surface area contributed by atoms with Crippen molar-refractivity contribution < 1.29 is 29.8 Å². The van der Waals surface area contributed by atoms with Gasteiger partial charge in [0.2, 0.25) is 0 Å². The maximum Gasteiger partial charge on any atom is 0.279 e. The van der Waals surface area contributed by atoms with Crippen LogP contribution in [0.5, 0.6) is 0 Å². The van der Waals surface area contributed by atoms with Crippen LogP contribution < -0.4 is 15.3 Å². The summed E-state index contributed by atoms with van der Waals surface area (Å²) in [7, 11) is -13.2. The number of nitrogens with one attached hydrogen (secondary N) is 3.